The van der Waals surface area contributed by atoms with Gasteiger partial charge < -0.3 is 0 Å². The van der Waals surface area contributed by atoms with Crippen LogP contribution in [0.25, 0.3) is 11.1 Å². The summed E-state index contributed by atoms with van der Waals surface area (Å²) in [6, 6.07) is 15.9. The molecule has 2 rings (SSSR count). The molecular formula is C20H10. The Labute approximate surface area is 119 Å². The molecular weight excluding hydrogens is 240 g/mol. The molecule has 0 unspecified atom stereocenters. The van der Waals surface area contributed by atoms with Crippen LogP contribution in [0, 0.1) is 48.4 Å². The van der Waals surface area contributed by atoms with Crippen molar-refractivity contribution in [3.8, 4) is 59.5 Å². The van der Waals surface area contributed by atoms with Gasteiger partial charge in [-0.1, -0.05) is 36.1 Å². The quantitative estimate of drug-likeness (QED) is 0.681. The fraction of sp³-hybridized carbons (Fsp3) is 0. The minimum atomic E-state index is 0.906. The van der Waals surface area contributed by atoms with Crippen molar-refractivity contribution in [2.24, 2.45) is 0 Å². The first kappa shape index (κ1) is 13.1. The van der Waals surface area contributed by atoms with Crippen LogP contribution in [0.2, 0.25) is 0 Å². The van der Waals surface area contributed by atoms with Crippen molar-refractivity contribution in [2.45, 2.75) is 0 Å². The molecule has 0 heterocycles. The van der Waals surface area contributed by atoms with Crippen LogP contribution in [-0.4, -0.2) is 0 Å². The Balaban J connectivity index is 2.24. The summed E-state index contributed by atoms with van der Waals surface area (Å²) in [5, 5.41) is 0. The molecule has 0 aromatic heterocycles. The van der Waals surface area contributed by atoms with Crippen LogP contribution in [0.5, 0.6) is 0 Å². The summed E-state index contributed by atoms with van der Waals surface area (Å²) >= 11 is 0. The minimum absolute atomic E-state index is 0.906. The Morgan fingerprint density at radius 3 is 1.20 bits per heavy atom. The van der Waals surface area contributed by atoms with Crippen LogP contribution in [0.3, 0.4) is 0 Å². The molecule has 2 aromatic carbocycles. The molecule has 0 saturated carbocycles. The summed E-state index contributed by atoms with van der Waals surface area (Å²) in [5.74, 6) is 15.6. The van der Waals surface area contributed by atoms with Gasteiger partial charge in [0.15, 0.2) is 0 Å². The summed E-state index contributed by atoms with van der Waals surface area (Å²) in [5.41, 5.74) is 4.05. The van der Waals surface area contributed by atoms with Gasteiger partial charge in [0.25, 0.3) is 0 Å². The zero-order valence-corrected chi connectivity index (χ0v) is 10.8. The van der Waals surface area contributed by atoms with Crippen LogP contribution in [-0.2, 0) is 0 Å². The number of terminal acetylenes is 2. The van der Waals surface area contributed by atoms with Gasteiger partial charge in [-0.25, -0.2) is 0 Å². The number of hydrogen-bond acceptors (Lipinski definition) is 0. The molecule has 90 valence electrons. The van der Waals surface area contributed by atoms with E-state index >= 15 is 0 Å². The van der Waals surface area contributed by atoms with Crippen molar-refractivity contribution in [3.05, 3.63) is 59.7 Å². The summed E-state index contributed by atoms with van der Waals surface area (Å²) < 4.78 is 0. The Bertz CT molecular complexity index is 724. The molecule has 0 amide bonds. The third-order valence-electron chi connectivity index (χ3n) is 2.66. The molecule has 0 atom stereocenters. The van der Waals surface area contributed by atoms with Gasteiger partial charge in [-0.05, 0) is 59.1 Å². The highest BCUT2D eigenvalue weighted by atomic mass is 14.0. The van der Waals surface area contributed by atoms with Gasteiger partial charge in [-0.15, -0.1) is 12.8 Å². The van der Waals surface area contributed by atoms with E-state index in [2.05, 4.69) is 35.5 Å². The lowest BCUT2D eigenvalue weighted by molar-refractivity contribution is 1.58. The first-order valence-electron chi connectivity index (χ1n) is 5.97. The lowest BCUT2D eigenvalue weighted by Crippen LogP contribution is -1.80. The Morgan fingerprint density at radius 2 is 0.900 bits per heavy atom. The molecule has 0 aliphatic rings. The van der Waals surface area contributed by atoms with E-state index in [-0.39, 0.29) is 0 Å². The molecule has 0 bridgehead atoms. The first-order chi connectivity index (χ1) is 9.83. The molecule has 0 aliphatic heterocycles. The van der Waals surface area contributed by atoms with Crippen molar-refractivity contribution in [1.29, 1.82) is 0 Å². The number of rotatable bonds is 1. The molecule has 0 nitrogen and oxygen atoms in total. The van der Waals surface area contributed by atoms with Crippen LogP contribution >= 0.6 is 0 Å². The van der Waals surface area contributed by atoms with E-state index in [4.69, 9.17) is 12.8 Å². The second-order valence-electron chi connectivity index (χ2n) is 3.94. The average Bonchev–Trinajstić information content (AvgIpc) is 2.52. The Morgan fingerprint density at radius 1 is 0.550 bits per heavy atom. The van der Waals surface area contributed by atoms with Gasteiger partial charge in [0.2, 0.25) is 0 Å². The van der Waals surface area contributed by atoms with Gasteiger partial charge in [0.05, 0.1) is 0 Å². The molecule has 2 aromatic rings. The van der Waals surface area contributed by atoms with Crippen LogP contribution in [0.4, 0.5) is 0 Å². The molecule has 0 heteroatoms. The zero-order valence-electron chi connectivity index (χ0n) is 10.8. The minimum Gasteiger partial charge on any atom is -0.106 e. The second-order valence-corrected chi connectivity index (χ2v) is 3.94. The van der Waals surface area contributed by atoms with E-state index < -0.39 is 0 Å². The third-order valence-corrected chi connectivity index (χ3v) is 2.66. The fourth-order valence-electron chi connectivity index (χ4n) is 1.71. The van der Waals surface area contributed by atoms with Crippen molar-refractivity contribution < 1.29 is 0 Å². The summed E-state index contributed by atoms with van der Waals surface area (Å²) in [6.07, 6.45) is 10.2. The average molecular weight is 250 g/mol. The van der Waals surface area contributed by atoms with E-state index in [0.29, 0.717) is 0 Å². The Hall–Kier alpha value is -3.32. The monoisotopic (exact) mass is 250 g/mol. The smallest absolute Gasteiger partial charge is 0.0255 e. The van der Waals surface area contributed by atoms with Crippen molar-refractivity contribution in [2.75, 3.05) is 0 Å². The van der Waals surface area contributed by atoms with Crippen molar-refractivity contribution in [1.82, 2.24) is 0 Å². The van der Waals surface area contributed by atoms with Crippen molar-refractivity contribution >= 4 is 0 Å². The first-order valence-corrected chi connectivity index (χ1v) is 5.97. The maximum Gasteiger partial charge on any atom is 0.0255 e. The van der Waals surface area contributed by atoms with E-state index in [1.165, 1.54) is 0 Å². The molecule has 0 fully saturated rings. The zero-order chi connectivity index (χ0) is 14.2. The molecule has 0 radical (unpaired) electrons. The highest BCUT2D eigenvalue weighted by Crippen LogP contribution is 2.20. The normalized spacial score (nSPS) is 8.10. The molecule has 0 saturated heterocycles. The predicted octanol–water partition coefficient (Wildman–Crippen LogP) is 3.32. The highest BCUT2D eigenvalue weighted by Gasteiger charge is 1.97. The van der Waals surface area contributed by atoms with Crippen LogP contribution in [0.15, 0.2) is 48.5 Å². The maximum absolute atomic E-state index is 5.10. The second kappa shape index (κ2) is 6.57. The van der Waals surface area contributed by atoms with E-state index in [0.717, 1.165) is 22.3 Å². The predicted molar refractivity (Wildman–Crippen MR) is 83.3 cm³/mol. The summed E-state index contributed by atoms with van der Waals surface area (Å²) in [7, 11) is 0. The number of benzene rings is 2. The number of hydrogen-bond donors (Lipinski definition) is 0. The largest absolute Gasteiger partial charge is 0.106 e. The highest BCUT2D eigenvalue weighted by molar-refractivity contribution is 5.65. The molecule has 0 spiro atoms. The standard InChI is InChI=1S/C20H10/c1-3-5-7-17-9-13-19(14-10-17)20-15-11-18(12-16-20)8-6-4-2/h1-2,9-16H. The molecule has 0 aliphatic carbocycles. The van der Waals surface area contributed by atoms with Crippen LogP contribution < -0.4 is 0 Å². The maximum atomic E-state index is 5.10. The van der Waals surface area contributed by atoms with E-state index in [9.17, 15) is 0 Å². The molecule has 20 heavy (non-hydrogen) atoms. The third kappa shape index (κ3) is 3.34. The fourth-order valence-corrected chi connectivity index (χ4v) is 1.71. The van der Waals surface area contributed by atoms with E-state index in [1.54, 1.807) is 0 Å². The van der Waals surface area contributed by atoms with E-state index in [1.807, 2.05) is 48.5 Å². The van der Waals surface area contributed by atoms with Gasteiger partial charge in [0.1, 0.15) is 0 Å². The Kier molecular flexibility index (Phi) is 4.31. The summed E-state index contributed by atoms with van der Waals surface area (Å²) in [6.45, 7) is 0. The van der Waals surface area contributed by atoms with Gasteiger partial charge in [-0.3, -0.25) is 0 Å². The summed E-state index contributed by atoms with van der Waals surface area (Å²) in [4.78, 5) is 0. The van der Waals surface area contributed by atoms with Gasteiger partial charge >= 0.3 is 0 Å². The van der Waals surface area contributed by atoms with Crippen molar-refractivity contribution in [3.63, 3.8) is 0 Å². The lowest BCUT2D eigenvalue weighted by Gasteiger charge is -2.02. The van der Waals surface area contributed by atoms with Gasteiger partial charge in [0, 0.05) is 11.1 Å². The van der Waals surface area contributed by atoms with Gasteiger partial charge in [-0.2, -0.15) is 0 Å². The lowest BCUT2D eigenvalue weighted by atomic mass is 10.0. The molecule has 0 N–H and O–H groups in total. The van der Waals surface area contributed by atoms with Crippen LogP contribution in [0.1, 0.15) is 11.1 Å². The topological polar surface area (TPSA) is 0 Å². The SMILES string of the molecule is C#CC#Cc1ccc(-c2ccc(C#CC#C)cc2)cc1.